The summed E-state index contributed by atoms with van der Waals surface area (Å²) < 4.78 is 40.2. The second-order valence-corrected chi connectivity index (χ2v) is 7.37. The number of rotatable bonds is 4. The summed E-state index contributed by atoms with van der Waals surface area (Å²) in [5, 5.41) is 9.07. The summed E-state index contributed by atoms with van der Waals surface area (Å²) in [5.74, 6) is -0.349. The van der Waals surface area contributed by atoms with Gasteiger partial charge in [0.15, 0.2) is 0 Å². The molecule has 0 spiro atoms. The molecular weight excluding hydrogens is 281 g/mol. The van der Waals surface area contributed by atoms with Crippen molar-refractivity contribution in [1.82, 2.24) is 4.31 Å². The highest BCUT2D eigenvalue weighted by Gasteiger charge is 2.36. The first-order valence-corrected chi connectivity index (χ1v) is 8.23. The van der Waals surface area contributed by atoms with Crippen LogP contribution >= 0.6 is 0 Å². The Morgan fingerprint density at radius 1 is 1.45 bits per heavy atom. The van der Waals surface area contributed by atoms with E-state index in [0.29, 0.717) is 6.54 Å². The Morgan fingerprint density at radius 2 is 2.15 bits per heavy atom. The van der Waals surface area contributed by atoms with Gasteiger partial charge >= 0.3 is 0 Å². The molecule has 2 rings (SSSR count). The molecule has 0 saturated carbocycles. The maximum absolute atomic E-state index is 13.4. The predicted molar refractivity (Wildman–Crippen MR) is 74.1 cm³/mol. The predicted octanol–water partition coefficient (Wildman–Crippen LogP) is 2.13. The van der Waals surface area contributed by atoms with E-state index in [1.807, 2.05) is 13.8 Å². The van der Waals surface area contributed by atoms with Gasteiger partial charge in [0, 0.05) is 18.2 Å². The average molecular weight is 301 g/mol. The molecule has 1 aliphatic rings. The Bertz CT molecular complexity index is 586. The van der Waals surface area contributed by atoms with Crippen molar-refractivity contribution in [3.63, 3.8) is 0 Å². The van der Waals surface area contributed by atoms with E-state index in [1.165, 1.54) is 16.4 Å². The highest BCUT2D eigenvalue weighted by molar-refractivity contribution is 7.89. The summed E-state index contributed by atoms with van der Waals surface area (Å²) >= 11 is 0. The first-order valence-electron chi connectivity index (χ1n) is 6.79. The average Bonchev–Trinajstić information content (AvgIpc) is 2.89. The van der Waals surface area contributed by atoms with E-state index < -0.39 is 22.4 Å². The maximum Gasteiger partial charge on any atom is 0.243 e. The zero-order valence-electron chi connectivity index (χ0n) is 11.7. The number of benzene rings is 1. The second kappa shape index (κ2) is 5.79. The van der Waals surface area contributed by atoms with Crippen LogP contribution in [0.2, 0.25) is 0 Å². The molecule has 1 heterocycles. The van der Waals surface area contributed by atoms with Crippen molar-refractivity contribution in [2.45, 2.75) is 44.2 Å². The summed E-state index contributed by atoms with van der Waals surface area (Å²) in [5.41, 5.74) is 0.00590. The lowest BCUT2D eigenvalue weighted by Crippen LogP contribution is -2.38. The van der Waals surface area contributed by atoms with Gasteiger partial charge in [0.2, 0.25) is 10.0 Å². The number of aliphatic hydroxyl groups excluding tert-OH is 1. The molecule has 0 aromatic heterocycles. The number of halogens is 1. The van der Waals surface area contributed by atoms with Crippen LogP contribution in [0.1, 0.15) is 32.3 Å². The minimum Gasteiger partial charge on any atom is -0.392 e. The Hall–Kier alpha value is -0.980. The van der Waals surface area contributed by atoms with Crippen LogP contribution in [0.4, 0.5) is 4.39 Å². The molecule has 112 valence electrons. The summed E-state index contributed by atoms with van der Waals surface area (Å²) in [6.07, 6.45) is 1.70. The van der Waals surface area contributed by atoms with E-state index in [2.05, 4.69) is 0 Å². The molecule has 1 fully saturated rings. The number of hydrogen-bond acceptors (Lipinski definition) is 3. The van der Waals surface area contributed by atoms with Crippen LogP contribution in [-0.4, -0.2) is 30.4 Å². The molecule has 1 aromatic carbocycles. The lowest BCUT2D eigenvalue weighted by atomic mass is 10.0. The van der Waals surface area contributed by atoms with Crippen LogP contribution < -0.4 is 0 Å². The van der Waals surface area contributed by atoms with Crippen LogP contribution in [-0.2, 0) is 16.6 Å². The quantitative estimate of drug-likeness (QED) is 0.927. The lowest BCUT2D eigenvalue weighted by molar-refractivity contribution is 0.275. The third-order valence-electron chi connectivity index (χ3n) is 3.81. The molecule has 1 N–H and O–H groups in total. The van der Waals surface area contributed by atoms with Gasteiger partial charge < -0.3 is 5.11 Å². The highest BCUT2D eigenvalue weighted by Crippen LogP contribution is 2.30. The maximum atomic E-state index is 13.4. The Kier molecular flexibility index (Phi) is 4.46. The number of hydrogen-bond donors (Lipinski definition) is 1. The van der Waals surface area contributed by atoms with Gasteiger partial charge in [0.05, 0.1) is 11.5 Å². The molecule has 0 aliphatic carbocycles. The van der Waals surface area contributed by atoms with Gasteiger partial charge in [0.25, 0.3) is 0 Å². The molecule has 1 aromatic rings. The van der Waals surface area contributed by atoms with Gasteiger partial charge in [-0.05, 0) is 37.0 Å². The topological polar surface area (TPSA) is 57.6 Å². The van der Waals surface area contributed by atoms with Crippen LogP contribution in [0.5, 0.6) is 0 Å². The van der Waals surface area contributed by atoms with Gasteiger partial charge in [-0.25, -0.2) is 12.8 Å². The van der Waals surface area contributed by atoms with E-state index in [4.69, 9.17) is 5.11 Å². The first kappa shape index (κ1) is 15.4. The van der Waals surface area contributed by atoms with Crippen LogP contribution in [0.25, 0.3) is 0 Å². The lowest BCUT2D eigenvalue weighted by Gasteiger charge is -2.27. The van der Waals surface area contributed by atoms with E-state index >= 15 is 0 Å². The van der Waals surface area contributed by atoms with Crippen molar-refractivity contribution in [1.29, 1.82) is 0 Å². The van der Waals surface area contributed by atoms with E-state index in [0.717, 1.165) is 18.9 Å². The van der Waals surface area contributed by atoms with Crippen LogP contribution in [0, 0.1) is 11.7 Å². The second-order valence-electron chi connectivity index (χ2n) is 5.48. The molecule has 1 atom stereocenters. The van der Waals surface area contributed by atoms with E-state index in [1.54, 1.807) is 0 Å². The molecule has 6 heteroatoms. The van der Waals surface area contributed by atoms with Crippen LogP contribution in [0.3, 0.4) is 0 Å². The zero-order chi connectivity index (χ0) is 14.9. The summed E-state index contributed by atoms with van der Waals surface area (Å²) in [4.78, 5) is 0.0514. The molecule has 0 amide bonds. The van der Waals surface area contributed by atoms with Crippen molar-refractivity contribution in [2.75, 3.05) is 6.54 Å². The third-order valence-corrected chi connectivity index (χ3v) is 5.73. The Morgan fingerprint density at radius 3 is 2.75 bits per heavy atom. The molecule has 4 nitrogen and oxygen atoms in total. The van der Waals surface area contributed by atoms with Gasteiger partial charge in [-0.15, -0.1) is 0 Å². The molecule has 20 heavy (non-hydrogen) atoms. The summed E-state index contributed by atoms with van der Waals surface area (Å²) in [6, 6.07) is 3.57. The van der Waals surface area contributed by atoms with Crippen molar-refractivity contribution in [3.05, 3.63) is 29.6 Å². The fraction of sp³-hybridized carbons (Fsp3) is 0.571. The number of aliphatic hydroxyl groups is 1. The SMILES string of the molecule is CC(C)C1CCCN1S(=O)(=O)c1ccc(F)c(CO)c1. The normalized spacial score (nSPS) is 20.8. The molecule has 1 saturated heterocycles. The number of nitrogens with zero attached hydrogens (tertiary/aromatic N) is 1. The summed E-state index contributed by atoms with van der Waals surface area (Å²) in [6.45, 7) is 3.99. The van der Waals surface area contributed by atoms with Gasteiger partial charge in [-0.3, -0.25) is 0 Å². The van der Waals surface area contributed by atoms with E-state index in [-0.39, 0.29) is 22.4 Å². The largest absolute Gasteiger partial charge is 0.392 e. The molecule has 1 unspecified atom stereocenters. The summed E-state index contributed by atoms with van der Waals surface area (Å²) in [7, 11) is -3.63. The monoisotopic (exact) mass is 301 g/mol. The Labute approximate surface area is 119 Å². The first-order chi connectivity index (χ1) is 9.37. The smallest absolute Gasteiger partial charge is 0.243 e. The van der Waals surface area contributed by atoms with Crippen molar-refractivity contribution >= 4 is 10.0 Å². The fourth-order valence-corrected chi connectivity index (χ4v) is 4.58. The zero-order valence-corrected chi connectivity index (χ0v) is 12.5. The standard InChI is InChI=1S/C14H20FNO3S/c1-10(2)14-4-3-7-16(14)20(18,19)12-5-6-13(15)11(8-12)9-17/h5-6,8,10,14,17H,3-4,7,9H2,1-2H3. The minimum absolute atomic E-state index is 0.00590. The number of sulfonamides is 1. The Balaban J connectivity index is 2.40. The van der Waals surface area contributed by atoms with Crippen molar-refractivity contribution < 1.29 is 17.9 Å². The van der Waals surface area contributed by atoms with Gasteiger partial charge in [-0.1, -0.05) is 13.8 Å². The van der Waals surface area contributed by atoms with Gasteiger partial charge in [-0.2, -0.15) is 4.31 Å². The fourth-order valence-electron chi connectivity index (χ4n) is 2.70. The molecule has 1 aliphatic heterocycles. The minimum atomic E-state index is -3.63. The molecular formula is C14H20FNO3S. The van der Waals surface area contributed by atoms with Crippen molar-refractivity contribution in [2.24, 2.45) is 5.92 Å². The third kappa shape index (κ3) is 2.73. The van der Waals surface area contributed by atoms with Crippen LogP contribution in [0.15, 0.2) is 23.1 Å². The highest BCUT2D eigenvalue weighted by atomic mass is 32.2. The van der Waals surface area contributed by atoms with E-state index in [9.17, 15) is 12.8 Å². The van der Waals surface area contributed by atoms with Crippen molar-refractivity contribution in [3.8, 4) is 0 Å². The molecule has 0 radical (unpaired) electrons. The molecule has 0 bridgehead atoms. The van der Waals surface area contributed by atoms with Gasteiger partial charge in [0.1, 0.15) is 5.82 Å².